The van der Waals surface area contributed by atoms with Crippen LogP contribution < -0.4 is 10.2 Å². The van der Waals surface area contributed by atoms with Crippen molar-refractivity contribution in [1.82, 2.24) is 9.80 Å². The van der Waals surface area contributed by atoms with Crippen LogP contribution in [0.1, 0.15) is 12.5 Å². The van der Waals surface area contributed by atoms with E-state index in [0.717, 1.165) is 48.1 Å². The number of carbonyl (C=O) groups is 2. The number of piperazine rings is 1. The van der Waals surface area contributed by atoms with E-state index in [9.17, 15) is 9.59 Å². The van der Waals surface area contributed by atoms with Gasteiger partial charge in [-0.1, -0.05) is 41.4 Å². The Morgan fingerprint density at radius 1 is 1.07 bits per heavy atom. The third kappa shape index (κ3) is 5.52. The number of nitrogens with one attached hydrogen (secondary N) is 1. The number of benzene rings is 2. The second-order valence-corrected chi connectivity index (χ2v) is 8.17. The van der Waals surface area contributed by atoms with E-state index in [1.807, 2.05) is 62.4 Å². The highest BCUT2D eigenvalue weighted by Crippen LogP contribution is 2.26. The standard InChI is InChI=1S/C23H29ClN4O2/c1-17-8-10-19(11-9-17)25-22(29)16-26(3)23(30)18(2)27-12-14-28(15-13-27)21-7-5-4-6-20(21)24/h4-11,18H,12-16H2,1-3H3,(H,25,29). The Hall–Kier alpha value is -2.57. The van der Waals surface area contributed by atoms with Crippen LogP contribution in [-0.2, 0) is 9.59 Å². The van der Waals surface area contributed by atoms with Gasteiger partial charge in [0.1, 0.15) is 0 Å². The quantitative estimate of drug-likeness (QED) is 0.767. The summed E-state index contributed by atoms with van der Waals surface area (Å²) in [6.45, 7) is 7.06. The SMILES string of the molecule is Cc1ccc(NC(=O)CN(C)C(=O)C(C)N2CCN(c3ccccc3Cl)CC2)cc1. The molecule has 0 saturated carbocycles. The second-order valence-electron chi connectivity index (χ2n) is 7.76. The molecule has 0 aromatic heterocycles. The Morgan fingerprint density at radius 2 is 1.70 bits per heavy atom. The molecular weight excluding hydrogens is 400 g/mol. The van der Waals surface area contributed by atoms with E-state index in [1.54, 1.807) is 7.05 Å². The van der Waals surface area contributed by atoms with Gasteiger partial charge in [-0.15, -0.1) is 0 Å². The molecule has 2 aromatic carbocycles. The lowest BCUT2D eigenvalue weighted by molar-refractivity contribution is -0.137. The fourth-order valence-electron chi connectivity index (χ4n) is 3.66. The van der Waals surface area contributed by atoms with Crippen molar-refractivity contribution in [2.45, 2.75) is 19.9 Å². The first-order chi connectivity index (χ1) is 14.3. The molecule has 0 aliphatic carbocycles. The van der Waals surface area contributed by atoms with Crippen molar-refractivity contribution >= 4 is 34.8 Å². The summed E-state index contributed by atoms with van der Waals surface area (Å²) >= 11 is 6.31. The topological polar surface area (TPSA) is 55.9 Å². The summed E-state index contributed by atoms with van der Waals surface area (Å²) in [6, 6.07) is 15.1. The maximum Gasteiger partial charge on any atom is 0.243 e. The average molecular weight is 429 g/mol. The summed E-state index contributed by atoms with van der Waals surface area (Å²) in [5.41, 5.74) is 2.89. The normalized spacial score (nSPS) is 15.5. The molecule has 1 fully saturated rings. The number of anilines is 2. The van der Waals surface area contributed by atoms with E-state index < -0.39 is 0 Å². The Labute approximate surface area is 183 Å². The smallest absolute Gasteiger partial charge is 0.243 e. The van der Waals surface area contributed by atoms with Crippen molar-refractivity contribution < 1.29 is 9.59 Å². The minimum Gasteiger partial charge on any atom is -0.368 e. The van der Waals surface area contributed by atoms with E-state index in [0.29, 0.717) is 0 Å². The fraction of sp³-hybridized carbons (Fsp3) is 0.391. The maximum absolute atomic E-state index is 12.9. The highest BCUT2D eigenvalue weighted by atomic mass is 35.5. The number of hydrogen-bond donors (Lipinski definition) is 1. The maximum atomic E-state index is 12.9. The summed E-state index contributed by atoms with van der Waals surface area (Å²) in [5, 5.41) is 3.58. The Kier molecular flexibility index (Phi) is 7.34. The van der Waals surface area contributed by atoms with Gasteiger partial charge in [0.05, 0.1) is 23.3 Å². The first kappa shape index (κ1) is 22.1. The van der Waals surface area contributed by atoms with Gasteiger partial charge < -0.3 is 15.1 Å². The number of carbonyl (C=O) groups excluding carboxylic acids is 2. The molecule has 160 valence electrons. The zero-order valence-electron chi connectivity index (χ0n) is 17.8. The lowest BCUT2D eigenvalue weighted by Gasteiger charge is -2.39. The second kappa shape index (κ2) is 9.96. The van der Waals surface area contributed by atoms with Crippen LogP contribution in [0, 0.1) is 6.92 Å². The molecule has 7 heteroatoms. The third-order valence-electron chi connectivity index (χ3n) is 5.50. The summed E-state index contributed by atoms with van der Waals surface area (Å²) in [6.07, 6.45) is 0. The highest BCUT2D eigenvalue weighted by molar-refractivity contribution is 6.33. The van der Waals surface area contributed by atoms with Crippen molar-refractivity contribution in [1.29, 1.82) is 0 Å². The first-order valence-corrected chi connectivity index (χ1v) is 10.6. The lowest BCUT2D eigenvalue weighted by Crippen LogP contribution is -2.54. The molecule has 0 bridgehead atoms. The van der Waals surface area contributed by atoms with E-state index >= 15 is 0 Å². The lowest BCUT2D eigenvalue weighted by atomic mass is 10.2. The predicted molar refractivity (Wildman–Crippen MR) is 122 cm³/mol. The number of rotatable bonds is 6. The zero-order chi connectivity index (χ0) is 21.7. The van der Waals surface area contributed by atoms with Crippen molar-refractivity contribution in [3.63, 3.8) is 0 Å². The minimum atomic E-state index is -0.282. The highest BCUT2D eigenvalue weighted by Gasteiger charge is 2.28. The van der Waals surface area contributed by atoms with Crippen LogP contribution in [0.15, 0.2) is 48.5 Å². The molecular formula is C23H29ClN4O2. The number of hydrogen-bond acceptors (Lipinski definition) is 4. The van der Waals surface area contributed by atoms with E-state index in [2.05, 4.69) is 15.1 Å². The Morgan fingerprint density at radius 3 is 2.33 bits per heavy atom. The Balaban J connectivity index is 1.49. The molecule has 1 atom stereocenters. The molecule has 30 heavy (non-hydrogen) atoms. The first-order valence-electron chi connectivity index (χ1n) is 10.2. The van der Waals surface area contributed by atoms with Crippen LogP contribution in [0.5, 0.6) is 0 Å². The fourth-order valence-corrected chi connectivity index (χ4v) is 3.92. The van der Waals surface area contributed by atoms with Gasteiger partial charge in [0.25, 0.3) is 0 Å². The summed E-state index contributed by atoms with van der Waals surface area (Å²) in [5.74, 6) is -0.259. The van der Waals surface area contributed by atoms with Crippen LogP contribution in [0.2, 0.25) is 5.02 Å². The molecule has 2 amide bonds. The molecule has 1 unspecified atom stereocenters. The van der Waals surface area contributed by atoms with Crippen molar-refractivity contribution in [3.05, 3.63) is 59.1 Å². The summed E-state index contributed by atoms with van der Waals surface area (Å²) in [4.78, 5) is 31.1. The summed E-state index contributed by atoms with van der Waals surface area (Å²) in [7, 11) is 1.67. The molecule has 6 nitrogen and oxygen atoms in total. The van der Waals surface area contributed by atoms with Crippen LogP contribution in [0.3, 0.4) is 0 Å². The minimum absolute atomic E-state index is 0.0244. The molecule has 3 rings (SSSR count). The van der Waals surface area contributed by atoms with Crippen LogP contribution in [0.4, 0.5) is 11.4 Å². The number of halogens is 1. The van der Waals surface area contributed by atoms with Crippen LogP contribution in [0.25, 0.3) is 0 Å². The number of aryl methyl sites for hydroxylation is 1. The van der Waals surface area contributed by atoms with E-state index in [-0.39, 0.29) is 24.4 Å². The molecule has 1 N–H and O–H groups in total. The Bertz CT molecular complexity index is 879. The molecule has 1 aliphatic heterocycles. The van der Waals surface area contributed by atoms with Gasteiger partial charge >= 0.3 is 0 Å². The number of para-hydroxylation sites is 1. The zero-order valence-corrected chi connectivity index (χ0v) is 18.5. The van der Waals surface area contributed by atoms with Crippen LogP contribution in [-0.4, -0.2) is 67.4 Å². The largest absolute Gasteiger partial charge is 0.368 e. The molecule has 1 heterocycles. The van der Waals surface area contributed by atoms with Gasteiger partial charge in [0.15, 0.2) is 0 Å². The van der Waals surface area contributed by atoms with Gasteiger partial charge in [-0.3, -0.25) is 14.5 Å². The molecule has 0 spiro atoms. The van der Waals surface area contributed by atoms with Gasteiger partial charge in [-0.05, 0) is 38.1 Å². The van der Waals surface area contributed by atoms with Crippen molar-refractivity contribution in [3.8, 4) is 0 Å². The van der Waals surface area contributed by atoms with E-state index in [1.165, 1.54) is 4.90 Å². The van der Waals surface area contributed by atoms with Crippen molar-refractivity contribution in [2.75, 3.05) is 50.0 Å². The van der Waals surface area contributed by atoms with Gasteiger partial charge in [-0.25, -0.2) is 0 Å². The summed E-state index contributed by atoms with van der Waals surface area (Å²) < 4.78 is 0. The van der Waals surface area contributed by atoms with Gasteiger partial charge in [0.2, 0.25) is 11.8 Å². The number of likely N-dealkylation sites (N-methyl/N-ethyl adjacent to an activating group) is 1. The molecule has 1 aliphatic rings. The average Bonchev–Trinajstić information content (AvgIpc) is 2.74. The number of amides is 2. The molecule has 2 aromatic rings. The monoisotopic (exact) mass is 428 g/mol. The third-order valence-corrected chi connectivity index (χ3v) is 5.82. The molecule has 0 radical (unpaired) electrons. The predicted octanol–water partition coefficient (Wildman–Crippen LogP) is 3.26. The number of nitrogens with zero attached hydrogens (tertiary/aromatic N) is 3. The van der Waals surface area contributed by atoms with Gasteiger partial charge in [-0.2, -0.15) is 0 Å². The molecule has 1 saturated heterocycles. The van der Waals surface area contributed by atoms with E-state index in [4.69, 9.17) is 11.6 Å². The van der Waals surface area contributed by atoms with Gasteiger partial charge in [0, 0.05) is 38.9 Å². The van der Waals surface area contributed by atoms with Crippen molar-refractivity contribution in [2.24, 2.45) is 0 Å². The van der Waals surface area contributed by atoms with Crippen LogP contribution >= 0.6 is 11.6 Å².